The van der Waals surface area contributed by atoms with Crippen molar-refractivity contribution in [3.05, 3.63) is 0 Å². The third-order valence-corrected chi connectivity index (χ3v) is 2.21. The van der Waals surface area contributed by atoms with Crippen molar-refractivity contribution < 1.29 is 9.90 Å². The van der Waals surface area contributed by atoms with Gasteiger partial charge in [0.05, 0.1) is 0 Å². The number of aliphatic carboxylic acids is 1. The van der Waals surface area contributed by atoms with Gasteiger partial charge in [0, 0.05) is 6.54 Å². The molecule has 0 bridgehead atoms. The minimum Gasteiger partial charge on any atom is -0.480 e. The lowest BCUT2D eigenvalue weighted by Gasteiger charge is -2.15. The lowest BCUT2D eigenvalue weighted by Crippen LogP contribution is -2.31. The van der Waals surface area contributed by atoms with E-state index < -0.39 is 11.3 Å². The van der Waals surface area contributed by atoms with Crippen molar-refractivity contribution in [2.75, 3.05) is 19.6 Å². The van der Waals surface area contributed by atoms with Crippen LogP contribution in [-0.2, 0) is 4.79 Å². The summed E-state index contributed by atoms with van der Waals surface area (Å²) in [6.07, 6.45) is 2.34. The van der Waals surface area contributed by atoms with Gasteiger partial charge < -0.3 is 10.0 Å². The van der Waals surface area contributed by atoms with Gasteiger partial charge in [-0.15, -0.1) is 11.6 Å². The van der Waals surface area contributed by atoms with E-state index in [0.29, 0.717) is 6.54 Å². The quantitative estimate of drug-likeness (QED) is 0.648. The Labute approximate surface area is 70.9 Å². The van der Waals surface area contributed by atoms with E-state index >= 15 is 0 Å². The summed E-state index contributed by atoms with van der Waals surface area (Å²) in [5, 5.41) is 7.74. The van der Waals surface area contributed by atoms with Crippen LogP contribution in [0.3, 0.4) is 0 Å². The maximum absolute atomic E-state index is 10.3. The zero-order valence-corrected chi connectivity index (χ0v) is 7.05. The molecule has 0 aliphatic carbocycles. The Kier molecular flexibility index (Phi) is 3.15. The summed E-state index contributed by atoms with van der Waals surface area (Å²) in [6.45, 7) is 2.48. The predicted octanol–water partition coefficient (Wildman–Crippen LogP) is 0.774. The van der Waals surface area contributed by atoms with Gasteiger partial charge in [0.25, 0.3) is 0 Å². The van der Waals surface area contributed by atoms with Gasteiger partial charge >= 0.3 is 5.97 Å². The molecule has 1 atom stereocenters. The first kappa shape index (κ1) is 8.81. The molecule has 0 aromatic carbocycles. The second kappa shape index (κ2) is 3.93. The van der Waals surface area contributed by atoms with E-state index in [4.69, 9.17) is 16.7 Å². The summed E-state index contributed by atoms with van der Waals surface area (Å²) in [4.78, 5) is 12.4. The van der Waals surface area contributed by atoms with Gasteiger partial charge in [0.2, 0.25) is 0 Å². The van der Waals surface area contributed by atoms with Gasteiger partial charge in [-0.1, -0.05) is 0 Å². The topological polar surface area (TPSA) is 40.5 Å². The molecule has 0 saturated carbocycles. The molecule has 1 aliphatic heterocycles. The second-order valence-electron chi connectivity index (χ2n) is 2.81. The first-order chi connectivity index (χ1) is 5.20. The molecular weight excluding hydrogens is 166 g/mol. The van der Waals surface area contributed by atoms with Crippen LogP contribution in [0.2, 0.25) is 0 Å². The van der Waals surface area contributed by atoms with Gasteiger partial charge in [-0.2, -0.15) is 0 Å². The molecule has 1 saturated heterocycles. The fourth-order valence-corrected chi connectivity index (χ4v) is 1.47. The number of alkyl halides is 1. The lowest BCUT2D eigenvalue weighted by atomic mass is 10.4. The Hall–Kier alpha value is -0.280. The highest BCUT2D eigenvalue weighted by molar-refractivity contribution is 6.29. The number of rotatable bonds is 3. The highest BCUT2D eigenvalue weighted by Gasteiger charge is 2.20. The van der Waals surface area contributed by atoms with Crippen LogP contribution in [0.25, 0.3) is 0 Å². The number of nitrogens with zero attached hydrogens (tertiary/aromatic N) is 1. The summed E-state index contributed by atoms with van der Waals surface area (Å²) in [5.41, 5.74) is 0. The third kappa shape index (κ3) is 2.67. The third-order valence-electron chi connectivity index (χ3n) is 1.89. The van der Waals surface area contributed by atoms with Crippen LogP contribution < -0.4 is 0 Å². The van der Waals surface area contributed by atoms with Crippen molar-refractivity contribution in [2.45, 2.75) is 18.2 Å². The molecule has 0 aromatic heterocycles. The van der Waals surface area contributed by atoms with E-state index in [1.54, 1.807) is 0 Å². The first-order valence-corrected chi connectivity index (χ1v) is 4.23. The van der Waals surface area contributed by atoms with E-state index in [9.17, 15) is 4.79 Å². The Bertz CT molecular complexity index is 145. The van der Waals surface area contributed by atoms with Crippen molar-refractivity contribution in [3.8, 4) is 0 Å². The Morgan fingerprint density at radius 1 is 1.55 bits per heavy atom. The molecule has 1 rings (SSSR count). The molecule has 3 nitrogen and oxygen atoms in total. The van der Waals surface area contributed by atoms with Gasteiger partial charge in [0.1, 0.15) is 5.38 Å². The fourth-order valence-electron chi connectivity index (χ4n) is 1.27. The van der Waals surface area contributed by atoms with Gasteiger partial charge in [-0.05, 0) is 25.9 Å². The van der Waals surface area contributed by atoms with Crippen LogP contribution in [0.5, 0.6) is 0 Å². The molecule has 1 unspecified atom stereocenters. The normalized spacial score (nSPS) is 21.9. The summed E-state index contributed by atoms with van der Waals surface area (Å²) in [5.74, 6) is -0.918. The minimum atomic E-state index is -0.918. The van der Waals surface area contributed by atoms with Crippen molar-refractivity contribution in [1.29, 1.82) is 0 Å². The van der Waals surface area contributed by atoms with Crippen LogP contribution in [-0.4, -0.2) is 41.0 Å². The largest absolute Gasteiger partial charge is 0.480 e. The Balaban J connectivity index is 2.23. The number of hydrogen-bond donors (Lipinski definition) is 1. The average molecular weight is 178 g/mol. The van der Waals surface area contributed by atoms with Gasteiger partial charge in [-0.25, -0.2) is 0 Å². The zero-order valence-electron chi connectivity index (χ0n) is 6.29. The van der Waals surface area contributed by atoms with Gasteiger partial charge in [-0.3, -0.25) is 4.79 Å². The van der Waals surface area contributed by atoms with Crippen LogP contribution >= 0.6 is 11.6 Å². The summed E-state index contributed by atoms with van der Waals surface area (Å²) < 4.78 is 0. The molecule has 0 amide bonds. The molecule has 4 heteroatoms. The monoisotopic (exact) mass is 177 g/mol. The minimum absolute atomic E-state index is 0.483. The molecule has 0 spiro atoms. The van der Waals surface area contributed by atoms with Crippen molar-refractivity contribution in [2.24, 2.45) is 0 Å². The number of hydrogen-bond acceptors (Lipinski definition) is 2. The highest BCUT2D eigenvalue weighted by Crippen LogP contribution is 2.09. The maximum Gasteiger partial charge on any atom is 0.322 e. The van der Waals surface area contributed by atoms with E-state index in [1.165, 1.54) is 12.8 Å². The lowest BCUT2D eigenvalue weighted by molar-refractivity contribution is -0.136. The molecule has 11 heavy (non-hydrogen) atoms. The molecule has 1 heterocycles. The average Bonchev–Trinajstić information content (AvgIpc) is 2.39. The van der Waals surface area contributed by atoms with E-state index in [1.807, 2.05) is 0 Å². The fraction of sp³-hybridized carbons (Fsp3) is 0.857. The van der Waals surface area contributed by atoms with E-state index in [0.717, 1.165) is 13.1 Å². The number of carboxylic acids is 1. The van der Waals surface area contributed by atoms with Crippen molar-refractivity contribution in [1.82, 2.24) is 4.90 Å². The number of likely N-dealkylation sites (tertiary alicyclic amines) is 1. The Morgan fingerprint density at radius 2 is 2.09 bits per heavy atom. The maximum atomic E-state index is 10.3. The van der Waals surface area contributed by atoms with Crippen LogP contribution in [0.15, 0.2) is 0 Å². The zero-order chi connectivity index (χ0) is 8.27. The molecule has 64 valence electrons. The van der Waals surface area contributed by atoms with Crippen molar-refractivity contribution >= 4 is 17.6 Å². The number of carbonyl (C=O) groups is 1. The first-order valence-electron chi connectivity index (χ1n) is 3.79. The van der Waals surface area contributed by atoms with Crippen molar-refractivity contribution in [3.63, 3.8) is 0 Å². The molecule has 0 radical (unpaired) electrons. The highest BCUT2D eigenvalue weighted by atomic mass is 35.5. The number of carboxylic acid groups (broad SMARTS) is 1. The summed E-state index contributed by atoms with van der Waals surface area (Å²) in [6, 6.07) is 0. The summed E-state index contributed by atoms with van der Waals surface area (Å²) >= 11 is 5.55. The smallest absolute Gasteiger partial charge is 0.322 e. The van der Waals surface area contributed by atoms with Crippen LogP contribution in [0, 0.1) is 0 Å². The van der Waals surface area contributed by atoms with Crippen LogP contribution in [0.4, 0.5) is 0 Å². The Morgan fingerprint density at radius 3 is 2.55 bits per heavy atom. The molecule has 0 aromatic rings. The molecule has 1 N–H and O–H groups in total. The second-order valence-corrected chi connectivity index (χ2v) is 3.34. The van der Waals surface area contributed by atoms with Crippen LogP contribution in [0.1, 0.15) is 12.8 Å². The van der Waals surface area contributed by atoms with E-state index in [2.05, 4.69) is 4.90 Å². The van der Waals surface area contributed by atoms with Gasteiger partial charge in [0.15, 0.2) is 0 Å². The molecule has 1 fully saturated rings. The summed E-state index contributed by atoms with van der Waals surface area (Å²) in [7, 11) is 0. The number of halogens is 1. The standard InChI is InChI=1S/C7H12ClNO2/c8-6(7(10)11)5-9-3-1-2-4-9/h6H,1-5H2,(H,10,11). The predicted molar refractivity (Wildman–Crippen MR) is 43.0 cm³/mol. The van der Waals surface area contributed by atoms with E-state index in [-0.39, 0.29) is 0 Å². The SMILES string of the molecule is O=C(O)C(Cl)CN1CCCC1. The molecular formula is C7H12ClNO2. The molecule has 1 aliphatic rings.